The second-order valence-corrected chi connectivity index (χ2v) is 4.96. The molecule has 0 fully saturated rings. The molecule has 1 rings (SSSR count). The molecule has 0 bridgehead atoms. The van der Waals surface area contributed by atoms with Crippen LogP contribution in [0.4, 0.5) is 0 Å². The van der Waals surface area contributed by atoms with Crippen LogP contribution in [0.3, 0.4) is 0 Å². The zero-order chi connectivity index (χ0) is 16.3. The van der Waals surface area contributed by atoms with E-state index in [1.165, 1.54) is 0 Å². The molecule has 0 aliphatic carbocycles. The highest BCUT2D eigenvalue weighted by atomic mass is 16.5. The van der Waals surface area contributed by atoms with Crippen LogP contribution in [0.25, 0.3) is 0 Å². The van der Waals surface area contributed by atoms with E-state index in [0.29, 0.717) is 6.61 Å². The first-order valence-corrected chi connectivity index (χ1v) is 7.09. The number of nitrogens with one attached hydrogen (secondary N) is 1. The lowest BCUT2D eigenvalue weighted by Crippen LogP contribution is -2.51. The summed E-state index contributed by atoms with van der Waals surface area (Å²) in [6.45, 7) is 7.96. The zero-order valence-corrected chi connectivity index (χ0v) is 13.3. The van der Waals surface area contributed by atoms with E-state index in [0.717, 1.165) is 12.1 Å². The molecule has 21 heavy (non-hydrogen) atoms. The number of carbonyl (C=O) groups excluding carboxylic acids is 2. The molecule has 0 heterocycles. The van der Waals surface area contributed by atoms with Gasteiger partial charge in [0.1, 0.15) is 5.54 Å². The maximum absolute atomic E-state index is 11.8. The van der Waals surface area contributed by atoms with E-state index < -0.39 is 11.5 Å². The van der Waals surface area contributed by atoms with Crippen molar-refractivity contribution in [2.75, 3.05) is 13.2 Å². The van der Waals surface area contributed by atoms with Crippen LogP contribution in [0.2, 0.25) is 0 Å². The third kappa shape index (κ3) is 8.09. The first-order valence-electron chi connectivity index (χ1n) is 7.09. The molecule has 0 aliphatic heterocycles. The molecule has 118 valence electrons. The molecule has 0 saturated carbocycles. The topological polar surface area (TPSA) is 81.4 Å². The normalized spacial score (nSPS) is 10.1. The van der Waals surface area contributed by atoms with Crippen molar-refractivity contribution >= 4 is 11.9 Å². The third-order valence-electron chi connectivity index (χ3n) is 2.45. The Kier molecular flexibility index (Phi) is 9.05. The molecule has 5 nitrogen and oxygen atoms in total. The highest BCUT2D eigenvalue weighted by Crippen LogP contribution is 2.07. The second kappa shape index (κ2) is 9.94. The van der Waals surface area contributed by atoms with Gasteiger partial charge in [-0.25, -0.2) is 4.79 Å². The van der Waals surface area contributed by atoms with Crippen molar-refractivity contribution < 1.29 is 14.3 Å². The Balaban J connectivity index is 0.00000122. The summed E-state index contributed by atoms with van der Waals surface area (Å²) in [7, 11) is 0. The molecule has 0 atom stereocenters. The number of rotatable bonds is 5. The SMILES string of the molecule is CCN.CCOC(=O)C(C)(C)NC(=O)Cc1ccccc1. The number of nitrogens with two attached hydrogens (primary N) is 1. The van der Waals surface area contributed by atoms with Crippen molar-refractivity contribution in [2.45, 2.75) is 39.7 Å². The monoisotopic (exact) mass is 294 g/mol. The second-order valence-electron chi connectivity index (χ2n) is 4.96. The highest BCUT2D eigenvalue weighted by Gasteiger charge is 2.30. The van der Waals surface area contributed by atoms with Crippen LogP contribution in [0.1, 0.15) is 33.3 Å². The van der Waals surface area contributed by atoms with Crippen molar-refractivity contribution in [3.05, 3.63) is 35.9 Å². The average molecular weight is 294 g/mol. The minimum Gasteiger partial charge on any atom is -0.464 e. The fourth-order valence-corrected chi connectivity index (χ4v) is 1.54. The lowest BCUT2D eigenvalue weighted by atomic mass is 10.0. The summed E-state index contributed by atoms with van der Waals surface area (Å²) in [6.07, 6.45) is 0.254. The molecule has 0 saturated heterocycles. The molecule has 5 heteroatoms. The average Bonchev–Trinajstić information content (AvgIpc) is 2.40. The zero-order valence-electron chi connectivity index (χ0n) is 13.3. The van der Waals surface area contributed by atoms with Gasteiger partial charge >= 0.3 is 5.97 Å². The van der Waals surface area contributed by atoms with Gasteiger partial charge in [-0.3, -0.25) is 4.79 Å². The Bertz CT molecular complexity index is 430. The van der Waals surface area contributed by atoms with E-state index in [1.54, 1.807) is 20.8 Å². The molecule has 1 amide bonds. The van der Waals surface area contributed by atoms with Crippen LogP contribution in [0, 0.1) is 0 Å². The number of hydrogen-bond acceptors (Lipinski definition) is 4. The fourth-order valence-electron chi connectivity index (χ4n) is 1.54. The van der Waals surface area contributed by atoms with Gasteiger partial charge in [0.05, 0.1) is 13.0 Å². The van der Waals surface area contributed by atoms with Crippen LogP contribution in [-0.2, 0) is 20.7 Å². The standard InChI is InChI=1S/C14H19NO3.C2H7N/c1-4-18-13(17)14(2,3)15-12(16)10-11-8-6-5-7-9-11;1-2-3/h5-9H,4,10H2,1-3H3,(H,15,16);2-3H2,1H3. The number of esters is 1. The quantitative estimate of drug-likeness (QED) is 0.809. The van der Waals surface area contributed by atoms with Crippen molar-refractivity contribution in [3.8, 4) is 0 Å². The van der Waals surface area contributed by atoms with Crippen molar-refractivity contribution in [2.24, 2.45) is 5.73 Å². The van der Waals surface area contributed by atoms with Crippen LogP contribution >= 0.6 is 0 Å². The van der Waals surface area contributed by atoms with E-state index in [4.69, 9.17) is 10.5 Å². The lowest BCUT2D eigenvalue weighted by molar-refractivity contribution is -0.151. The smallest absolute Gasteiger partial charge is 0.331 e. The Hall–Kier alpha value is -1.88. The van der Waals surface area contributed by atoms with E-state index in [2.05, 4.69) is 5.32 Å². The van der Waals surface area contributed by atoms with E-state index in [9.17, 15) is 9.59 Å². The van der Waals surface area contributed by atoms with Gasteiger partial charge in [-0.15, -0.1) is 0 Å². The third-order valence-corrected chi connectivity index (χ3v) is 2.45. The highest BCUT2D eigenvalue weighted by molar-refractivity contribution is 5.88. The number of ether oxygens (including phenoxy) is 1. The molecule has 0 aromatic heterocycles. The summed E-state index contributed by atoms with van der Waals surface area (Å²) in [5, 5.41) is 2.68. The molecular weight excluding hydrogens is 268 g/mol. The Morgan fingerprint density at radius 3 is 2.19 bits per heavy atom. The lowest BCUT2D eigenvalue weighted by Gasteiger charge is -2.23. The maximum Gasteiger partial charge on any atom is 0.331 e. The molecule has 1 aromatic carbocycles. The van der Waals surface area contributed by atoms with Gasteiger partial charge in [0, 0.05) is 0 Å². The first-order chi connectivity index (χ1) is 9.87. The minimum absolute atomic E-state index is 0.195. The molecule has 1 aromatic rings. The van der Waals surface area contributed by atoms with Crippen molar-refractivity contribution in [3.63, 3.8) is 0 Å². The van der Waals surface area contributed by atoms with E-state index >= 15 is 0 Å². The van der Waals surface area contributed by atoms with Gasteiger partial charge in [-0.05, 0) is 32.9 Å². The van der Waals surface area contributed by atoms with E-state index in [1.807, 2.05) is 37.3 Å². The molecule has 3 N–H and O–H groups in total. The summed E-state index contributed by atoms with van der Waals surface area (Å²) in [5.41, 5.74) is 4.76. The maximum atomic E-state index is 11.8. The van der Waals surface area contributed by atoms with E-state index in [-0.39, 0.29) is 12.3 Å². The summed E-state index contributed by atoms with van der Waals surface area (Å²) in [5.74, 6) is -0.620. The van der Waals surface area contributed by atoms with Gasteiger partial charge in [0.15, 0.2) is 0 Å². The first kappa shape index (κ1) is 19.1. The van der Waals surface area contributed by atoms with Gasteiger partial charge in [-0.2, -0.15) is 0 Å². The Morgan fingerprint density at radius 2 is 1.71 bits per heavy atom. The summed E-state index contributed by atoms with van der Waals surface area (Å²) >= 11 is 0. The van der Waals surface area contributed by atoms with Gasteiger partial charge in [0.25, 0.3) is 0 Å². The van der Waals surface area contributed by atoms with Crippen LogP contribution in [-0.4, -0.2) is 30.6 Å². The number of benzene rings is 1. The van der Waals surface area contributed by atoms with Crippen LogP contribution in [0.5, 0.6) is 0 Å². The molecular formula is C16H26N2O3. The Morgan fingerprint density at radius 1 is 1.19 bits per heavy atom. The predicted octanol–water partition coefficient (Wildman–Crippen LogP) is 1.65. The van der Waals surface area contributed by atoms with Crippen LogP contribution in [0.15, 0.2) is 30.3 Å². The molecule has 0 aliphatic rings. The van der Waals surface area contributed by atoms with Gasteiger partial charge in [0.2, 0.25) is 5.91 Å². The fraction of sp³-hybridized carbons (Fsp3) is 0.500. The van der Waals surface area contributed by atoms with Gasteiger partial charge < -0.3 is 15.8 Å². The number of amides is 1. The summed E-state index contributed by atoms with van der Waals surface area (Å²) in [4.78, 5) is 23.4. The minimum atomic E-state index is -0.998. The van der Waals surface area contributed by atoms with Crippen LogP contribution < -0.4 is 11.1 Å². The summed E-state index contributed by atoms with van der Waals surface area (Å²) < 4.78 is 4.90. The number of carbonyl (C=O) groups is 2. The molecule has 0 spiro atoms. The van der Waals surface area contributed by atoms with Crippen molar-refractivity contribution in [1.82, 2.24) is 5.32 Å². The largest absolute Gasteiger partial charge is 0.464 e. The molecule has 0 radical (unpaired) electrons. The predicted molar refractivity (Wildman–Crippen MR) is 83.7 cm³/mol. The molecule has 0 unspecified atom stereocenters. The van der Waals surface area contributed by atoms with Gasteiger partial charge in [-0.1, -0.05) is 37.3 Å². The Labute approximate surface area is 126 Å². The number of hydrogen-bond donors (Lipinski definition) is 2. The summed E-state index contributed by atoms with van der Waals surface area (Å²) in [6, 6.07) is 9.38. The van der Waals surface area contributed by atoms with Crippen molar-refractivity contribution in [1.29, 1.82) is 0 Å².